The number of benzene rings is 2. The van der Waals surface area contributed by atoms with Crippen molar-refractivity contribution in [1.29, 1.82) is 0 Å². The molecule has 0 saturated heterocycles. The number of aryl methyl sites for hydroxylation is 1. The zero-order valence-corrected chi connectivity index (χ0v) is 13.7. The predicted octanol–water partition coefficient (Wildman–Crippen LogP) is 5.63. The lowest BCUT2D eigenvalue weighted by molar-refractivity contribution is 1.25. The first kappa shape index (κ1) is 13.6. The molecule has 108 valence electrons. The van der Waals surface area contributed by atoms with E-state index < -0.39 is 0 Å². The number of nitrogens with zero attached hydrogens (tertiary/aromatic N) is 1. The van der Waals surface area contributed by atoms with Gasteiger partial charge in [-0.25, -0.2) is 4.98 Å². The molecule has 1 aliphatic rings. The lowest BCUT2D eigenvalue weighted by Gasteiger charge is -2.17. The van der Waals surface area contributed by atoms with Gasteiger partial charge >= 0.3 is 0 Å². The van der Waals surface area contributed by atoms with E-state index in [1.54, 1.807) is 23.1 Å². The van der Waals surface area contributed by atoms with Crippen LogP contribution in [0.5, 0.6) is 0 Å². The lowest BCUT2D eigenvalue weighted by atomic mass is 10.2. The Morgan fingerprint density at radius 1 is 0.955 bits per heavy atom. The van der Waals surface area contributed by atoms with Gasteiger partial charge in [-0.1, -0.05) is 54.2 Å². The zero-order chi connectivity index (χ0) is 14.9. The van der Waals surface area contributed by atoms with Crippen molar-refractivity contribution in [2.45, 2.75) is 11.8 Å². The molecule has 0 fully saturated rings. The van der Waals surface area contributed by atoms with Gasteiger partial charge in [0.15, 0.2) is 0 Å². The van der Waals surface area contributed by atoms with Gasteiger partial charge in [0.1, 0.15) is 5.01 Å². The summed E-state index contributed by atoms with van der Waals surface area (Å²) in [5.74, 6) is 0. The van der Waals surface area contributed by atoms with Gasteiger partial charge in [-0.05, 0) is 19.1 Å². The summed E-state index contributed by atoms with van der Waals surface area (Å²) in [6.45, 7) is 2.08. The zero-order valence-electron chi connectivity index (χ0n) is 12.0. The second-order valence-corrected chi connectivity index (χ2v) is 6.98. The first-order valence-electron chi connectivity index (χ1n) is 7.07. The van der Waals surface area contributed by atoms with E-state index in [2.05, 4.69) is 66.2 Å². The Labute approximate surface area is 137 Å². The minimum atomic E-state index is 1.07. The van der Waals surface area contributed by atoms with E-state index in [0.717, 1.165) is 16.4 Å². The average Bonchev–Trinajstić information content (AvgIpc) is 2.97. The minimum absolute atomic E-state index is 1.07. The molecule has 2 heterocycles. The van der Waals surface area contributed by atoms with Crippen molar-refractivity contribution < 1.29 is 0 Å². The van der Waals surface area contributed by atoms with Crippen LogP contribution in [0.25, 0.3) is 16.3 Å². The summed E-state index contributed by atoms with van der Waals surface area (Å²) in [5.41, 5.74) is 4.55. The van der Waals surface area contributed by atoms with Crippen molar-refractivity contribution in [1.82, 2.24) is 4.98 Å². The maximum Gasteiger partial charge on any atom is 0.124 e. The Balaban J connectivity index is 1.70. The maximum absolute atomic E-state index is 4.74. The Hall–Kier alpha value is -2.04. The molecule has 1 aliphatic heterocycles. The van der Waals surface area contributed by atoms with E-state index >= 15 is 0 Å². The highest BCUT2D eigenvalue weighted by atomic mass is 32.2. The van der Waals surface area contributed by atoms with Gasteiger partial charge in [-0.15, -0.1) is 11.3 Å². The van der Waals surface area contributed by atoms with Crippen molar-refractivity contribution >= 4 is 34.5 Å². The Kier molecular flexibility index (Phi) is 3.48. The molecule has 4 rings (SSSR count). The molecule has 1 N–H and O–H groups in total. The number of thioether (sulfide) groups is 1. The van der Waals surface area contributed by atoms with Crippen molar-refractivity contribution in [3.8, 4) is 10.6 Å². The van der Waals surface area contributed by atoms with Gasteiger partial charge in [0.2, 0.25) is 0 Å². The summed E-state index contributed by atoms with van der Waals surface area (Å²) in [4.78, 5) is 7.21. The minimum Gasteiger partial charge on any atom is -0.353 e. The molecule has 3 aromatic rings. The smallest absolute Gasteiger partial charge is 0.124 e. The monoisotopic (exact) mass is 322 g/mol. The molecule has 0 atom stereocenters. The van der Waals surface area contributed by atoms with Crippen molar-refractivity contribution in [3.63, 3.8) is 0 Å². The van der Waals surface area contributed by atoms with Crippen LogP contribution in [0, 0.1) is 6.92 Å². The number of nitrogens with one attached hydrogen (secondary N) is 1. The van der Waals surface area contributed by atoms with E-state index in [9.17, 15) is 0 Å². The van der Waals surface area contributed by atoms with Gasteiger partial charge in [-0.3, -0.25) is 0 Å². The summed E-state index contributed by atoms with van der Waals surface area (Å²) in [5, 5.41) is 6.78. The number of anilines is 1. The third kappa shape index (κ3) is 2.45. The number of para-hydroxylation sites is 1. The van der Waals surface area contributed by atoms with E-state index in [-0.39, 0.29) is 0 Å². The molecule has 2 nitrogen and oxygen atoms in total. The molecule has 0 spiro atoms. The second kappa shape index (κ2) is 5.63. The van der Waals surface area contributed by atoms with Crippen LogP contribution in [0.3, 0.4) is 0 Å². The molecule has 0 amide bonds. The molecule has 0 unspecified atom stereocenters. The Bertz CT molecular complexity index is 851. The summed E-state index contributed by atoms with van der Waals surface area (Å²) in [7, 11) is 0. The van der Waals surface area contributed by atoms with Gasteiger partial charge < -0.3 is 5.32 Å². The first-order valence-corrected chi connectivity index (χ1v) is 8.77. The van der Waals surface area contributed by atoms with Crippen LogP contribution in [0.1, 0.15) is 10.6 Å². The number of fused-ring (bicyclic) bond motifs is 1. The van der Waals surface area contributed by atoms with Crippen LogP contribution < -0.4 is 5.32 Å². The lowest BCUT2D eigenvalue weighted by Crippen LogP contribution is -2.02. The standard InChI is InChI=1S/C18H14N2S2/c1-12-17(22-18(19-12)13-7-3-2-4-8-13)15-11-21-16-10-6-5-9-14(16)20-15/h2-11,20H,1H3. The van der Waals surface area contributed by atoms with Gasteiger partial charge in [0, 0.05) is 15.9 Å². The molecule has 0 radical (unpaired) electrons. The summed E-state index contributed by atoms with van der Waals surface area (Å²) < 4.78 is 0. The third-order valence-corrected chi connectivity index (χ3v) is 5.73. The first-order chi connectivity index (χ1) is 10.8. The second-order valence-electron chi connectivity index (χ2n) is 5.07. The van der Waals surface area contributed by atoms with E-state index in [0.29, 0.717) is 0 Å². The summed E-state index contributed by atoms with van der Waals surface area (Å²) >= 11 is 3.50. The highest BCUT2D eigenvalue weighted by Crippen LogP contribution is 2.40. The van der Waals surface area contributed by atoms with Crippen LogP contribution in [0.4, 0.5) is 5.69 Å². The average molecular weight is 322 g/mol. The fourth-order valence-corrected chi connectivity index (χ4v) is 4.37. The van der Waals surface area contributed by atoms with Crippen molar-refractivity contribution in [2.75, 3.05) is 5.32 Å². The number of hydrogen-bond donors (Lipinski definition) is 1. The maximum atomic E-state index is 4.74. The molecule has 0 aliphatic carbocycles. The molecule has 0 bridgehead atoms. The molecule has 4 heteroatoms. The number of hydrogen-bond acceptors (Lipinski definition) is 4. The number of thiazole rings is 1. The van der Waals surface area contributed by atoms with Crippen LogP contribution in [-0.2, 0) is 0 Å². The molecular formula is C18H14N2S2. The van der Waals surface area contributed by atoms with E-state index in [4.69, 9.17) is 4.98 Å². The number of aromatic nitrogens is 1. The predicted molar refractivity (Wildman–Crippen MR) is 96.2 cm³/mol. The topological polar surface area (TPSA) is 24.9 Å². The Morgan fingerprint density at radius 3 is 2.59 bits per heavy atom. The quantitative estimate of drug-likeness (QED) is 0.661. The fourth-order valence-electron chi connectivity index (χ4n) is 2.43. The molecule has 0 saturated carbocycles. The van der Waals surface area contributed by atoms with Crippen LogP contribution in [-0.4, -0.2) is 4.98 Å². The van der Waals surface area contributed by atoms with E-state index in [1.807, 2.05) is 6.07 Å². The van der Waals surface area contributed by atoms with E-state index in [1.165, 1.54) is 21.0 Å². The van der Waals surface area contributed by atoms with Gasteiger partial charge in [0.25, 0.3) is 0 Å². The highest BCUT2D eigenvalue weighted by molar-refractivity contribution is 8.02. The molecule has 2 aromatic carbocycles. The summed E-state index contributed by atoms with van der Waals surface area (Å²) in [6.07, 6.45) is 0. The van der Waals surface area contributed by atoms with Crippen molar-refractivity contribution in [3.05, 3.63) is 70.6 Å². The fraction of sp³-hybridized carbons (Fsp3) is 0.0556. The number of rotatable bonds is 2. The van der Waals surface area contributed by atoms with Crippen molar-refractivity contribution in [2.24, 2.45) is 0 Å². The van der Waals surface area contributed by atoms with Crippen LogP contribution in [0.15, 0.2) is 64.9 Å². The molecular weight excluding hydrogens is 308 g/mol. The van der Waals surface area contributed by atoms with Crippen LogP contribution >= 0.6 is 23.1 Å². The van der Waals surface area contributed by atoms with Gasteiger partial charge in [0.05, 0.1) is 22.0 Å². The van der Waals surface area contributed by atoms with Gasteiger partial charge in [-0.2, -0.15) is 0 Å². The Morgan fingerprint density at radius 2 is 1.73 bits per heavy atom. The highest BCUT2D eigenvalue weighted by Gasteiger charge is 2.17. The normalized spacial score (nSPS) is 13.2. The molecule has 1 aromatic heterocycles. The largest absolute Gasteiger partial charge is 0.353 e. The third-order valence-electron chi connectivity index (χ3n) is 3.52. The molecule has 22 heavy (non-hydrogen) atoms. The SMILES string of the molecule is Cc1nc(-c2ccccc2)sc1C1=CSc2ccccc2N1. The summed E-state index contributed by atoms with van der Waals surface area (Å²) in [6, 6.07) is 18.7. The van der Waals surface area contributed by atoms with Crippen LogP contribution in [0.2, 0.25) is 0 Å².